The van der Waals surface area contributed by atoms with Gasteiger partial charge in [-0.05, 0) is 35.9 Å². The third-order valence-electron chi connectivity index (χ3n) is 4.71. The third kappa shape index (κ3) is 3.30. The quantitative estimate of drug-likeness (QED) is 0.370. The Morgan fingerprint density at radius 1 is 0.966 bits per heavy atom. The van der Waals surface area contributed by atoms with Crippen LogP contribution < -0.4 is 0 Å². The zero-order valence-electron chi connectivity index (χ0n) is 15.1. The van der Waals surface area contributed by atoms with E-state index in [0.29, 0.717) is 22.6 Å². The van der Waals surface area contributed by atoms with Gasteiger partial charge in [-0.2, -0.15) is 5.10 Å². The molecule has 0 bridgehead atoms. The van der Waals surface area contributed by atoms with Gasteiger partial charge in [-0.3, -0.25) is 5.10 Å². The number of hydrogen-bond acceptors (Lipinski definition) is 4. The van der Waals surface area contributed by atoms with E-state index < -0.39 is 5.97 Å². The zero-order chi connectivity index (χ0) is 19.8. The highest BCUT2D eigenvalue weighted by atomic mass is 79.9. The highest BCUT2D eigenvalue weighted by molar-refractivity contribution is 9.10. The Morgan fingerprint density at radius 2 is 1.76 bits per heavy atom. The largest absolute Gasteiger partial charge is 0.457 e. The monoisotopic (exact) mass is 446 g/mol. The normalized spacial score (nSPS) is 11.2. The Kier molecular flexibility index (Phi) is 4.37. The second-order valence-corrected chi connectivity index (χ2v) is 7.52. The molecule has 0 saturated heterocycles. The summed E-state index contributed by atoms with van der Waals surface area (Å²) in [5.74, 6) is 0.189. The molecule has 0 spiro atoms. The van der Waals surface area contributed by atoms with E-state index in [1.165, 1.54) is 0 Å². The van der Waals surface area contributed by atoms with Gasteiger partial charge < -0.3 is 9.72 Å². The van der Waals surface area contributed by atoms with Crippen molar-refractivity contribution in [2.75, 3.05) is 0 Å². The lowest BCUT2D eigenvalue weighted by atomic mass is 10.2. The first-order chi connectivity index (χ1) is 14.2. The fraction of sp³-hybridized carbons (Fsp3) is 0.0455. The topological polar surface area (TPSA) is 83.7 Å². The summed E-state index contributed by atoms with van der Waals surface area (Å²) in [5, 5.41) is 8.35. The van der Waals surface area contributed by atoms with Crippen LogP contribution >= 0.6 is 15.9 Å². The maximum absolute atomic E-state index is 12.7. The van der Waals surface area contributed by atoms with Crippen molar-refractivity contribution in [3.8, 4) is 11.5 Å². The predicted octanol–water partition coefficient (Wildman–Crippen LogP) is 5.23. The Balaban J connectivity index is 1.47. The molecule has 2 N–H and O–H groups in total. The predicted molar refractivity (Wildman–Crippen MR) is 114 cm³/mol. The fourth-order valence-electron chi connectivity index (χ4n) is 3.26. The van der Waals surface area contributed by atoms with E-state index in [0.717, 1.165) is 26.5 Å². The van der Waals surface area contributed by atoms with Crippen LogP contribution in [-0.2, 0) is 11.3 Å². The van der Waals surface area contributed by atoms with Gasteiger partial charge in [-0.25, -0.2) is 9.78 Å². The molecule has 0 saturated carbocycles. The minimum atomic E-state index is -0.413. The number of nitrogens with zero attached hydrogens (tertiary/aromatic N) is 2. The number of fused-ring (bicyclic) bond motifs is 2. The van der Waals surface area contributed by atoms with Crippen LogP contribution in [0.1, 0.15) is 15.9 Å². The summed E-state index contributed by atoms with van der Waals surface area (Å²) < 4.78 is 6.48. The molecule has 5 aromatic rings. The molecular formula is C22H15BrN4O2. The number of esters is 1. The second-order valence-electron chi connectivity index (χ2n) is 6.61. The van der Waals surface area contributed by atoms with E-state index in [1.54, 1.807) is 6.07 Å². The Bertz CT molecular complexity index is 1340. The SMILES string of the molecule is O=C(OCc1ccc(Br)cc1)c1cccc2[nH]c(-c3n[nH]c4ccccc34)nc12. The molecular weight excluding hydrogens is 432 g/mol. The zero-order valence-corrected chi connectivity index (χ0v) is 16.7. The number of benzene rings is 3. The van der Waals surface area contributed by atoms with Crippen molar-refractivity contribution < 1.29 is 9.53 Å². The minimum absolute atomic E-state index is 0.198. The van der Waals surface area contributed by atoms with Crippen molar-refractivity contribution in [2.24, 2.45) is 0 Å². The summed E-state index contributed by atoms with van der Waals surface area (Å²) >= 11 is 3.40. The molecule has 2 heterocycles. The number of imidazole rings is 1. The number of para-hydroxylation sites is 2. The number of carbonyl (C=O) groups is 1. The van der Waals surface area contributed by atoms with Crippen LogP contribution in [0.4, 0.5) is 0 Å². The van der Waals surface area contributed by atoms with Crippen LogP contribution in [0.5, 0.6) is 0 Å². The highest BCUT2D eigenvalue weighted by Crippen LogP contribution is 2.27. The van der Waals surface area contributed by atoms with Crippen molar-refractivity contribution >= 4 is 43.8 Å². The number of H-pyrrole nitrogens is 2. The summed E-state index contributed by atoms with van der Waals surface area (Å²) in [7, 11) is 0. The standard InChI is InChI=1S/C22H15BrN4O2/c23-14-10-8-13(9-11-14)12-29-22(28)16-5-3-7-18-19(16)25-21(24-18)20-15-4-1-2-6-17(15)26-27-20/h1-11H,12H2,(H,24,25)(H,26,27). The lowest BCUT2D eigenvalue weighted by molar-refractivity contribution is 0.0475. The van der Waals surface area contributed by atoms with Crippen LogP contribution in [-0.4, -0.2) is 26.1 Å². The fourth-order valence-corrected chi connectivity index (χ4v) is 3.52. The van der Waals surface area contributed by atoms with E-state index in [1.807, 2.05) is 60.7 Å². The van der Waals surface area contributed by atoms with E-state index in [4.69, 9.17) is 4.74 Å². The molecule has 5 rings (SSSR count). The Morgan fingerprint density at radius 3 is 2.62 bits per heavy atom. The molecule has 0 aliphatic rings. The maximum atomic E-state index is 12.7. The van der Waals surface area contributed by atoms with Crippen LogP contribution in [0.15, 0.2) is 71.2 Å². The Hall–Kier alpha value is -3.45. The molecule has 0 fully saturated rings. The summed E-state index contributed by atoms with van der Waals surface area (Å²) in [6.45, 7) is 0.198. The van der Waals surface area contributed by atoms with Gasteiger partial charge in [0.2, 0.25) is 0 Å². The lowest BCUT2D eigenvalue weighted by Crippen LogP contribution is -2.06. The van der Waals surface area contributed by atoms with Gasteiger partial charge in [0.05, 0.1) is 16.6 Å². The van der Waals surface area contributed by atoms with E-state index in [2.05, 4.69) is 36.1 Å². The first-order valence-corrected chi connectivity index (χ1v) is 9.82. The van der Waals surface area contributed by atoms with E-state index in [9.17, 15) is 4.79 Å². The molecule has 6 nitrogen and oxygen atoms in total. The highest BCUT2D eigenvalue weighted by Gasteiger charge is 2.18. The van der Waals surface area contributed by atoms with Crippen molar-refractivity contribution in [1.82, 2.24) is 20.2 Å². The third-order valence-corrected chi connectivity index (χ3v) is 5.24. The average molecular weight is 447 g/mol. The van der Waals surface area contributed by atoms with Crippen LogP contribution in [0.25, 0.3) is 33.5 Å². The van der Waals surface area contributed by atoms with Gasteiger partial charge in [-0.15, -0.1) is 0 Å². The van der Waals surface area contributed by atoms with Gasteiger partial charge in [0, 0.05) is 9.86 Å². The summed E-state index contributed by atoms with van der Waals surface area (Å²) in [6.07, 6.45) is 0. The van der Waals surface area contributed by atoms with Crippen molar-refractivity contribution in [2.45, 2.75) is 6.61 Å². The number of aromatic nitrogens is 4. The number of carbonyl (C=O) groups excluding carboxylic acids is 1. The molecule has 142 valence electrons. The molecule has 0 unspecified atom stereocenters. The molecule has 0 radical (unpaired) electrons. The first kappa shape index (κ1) is 17.6. The number of rotatable bonds is 4. The number of halogens is 1. The Labute approximate surface area is 174 Å². The molecule has 7 heteroatoms. The van der Waals surface area contributed by atoms with Crippen LogP contribution in [0.3, 0.4) is 0 Å². The second kappa shape index (κ2) is 7.18. The van der Waals surface area contributed by atoms with Gasteiger partial charge in [0.25, 0.3) is 0 Å². The van der Waals surface area contributed by atoms with Gasteiger partial charge in [0.15, 0.2) is 5.82 Å². The molecule has 2 aromatic heterocycles. The van der Waals surface area contributed by atoms with Crippen LogP contribution in [0.2, 0.25) is 0 Å². The molecule has 3 aromatic carbocycles. The number of aromatic amines is 2. The van der Waals surface area contributed by atoms with Gasteiger partial charge in [0.1, 0.15) is 17.8 Å². The average Bonchev–Trinajstić information content (AvgIpc) is 3.36. The summed E-state index contributed by atoms with van der Waals surface area (Å²) in [6, 6.07) is 20.9. The van der Waals surface area contributed by atoms with Crippen molar-refractivity contribution in [3.63, 3.8) is 0 Å². The summed E-state index contributed by atoms with van der Waals surface area (Å²) in [4.78, 5) is 20.6. The molecule has 0 aliphatic carbocycles. The van der Waals surface area contributed by atoms with E-state index >= 15 is 0 Å². The molecule has 0 atom stereocenters. The number of ether oxygens (including phenoxy) is 1. The number of nitrogens with one attached hydrogen (secondary N) is 2. The first-order valence-electron chi connectivity index (χ1n) is 9.03. The molecule has 29 heavy (non-hydrogen) atoms. The maximum Gasteiger partial charge on any atom is 0.340 e. The van der Waals surface area contributed by atoms with Crippen LogP contribution in [0, 0.1) is 0 Å². The van der Waals surface area contributed by atoms with Gasteiger partial charge in [-0.1, -0.05) is 52.3 Å². The van der Waals surface area contributed by atoms with Gasteiger partial charge >= 0.3 is 5.97 Å². The number of hydrogen-bond donors (Lipinski definition) is 2. The smallest absolute Gasteiger partial charge is 0.340 e. The van der Waals surface area contributed by atoms with E-state index in [-0.39, 0.29) is 6.61 Å². The molecule has 0 amide bonds. The molecule has 0 aliphatic heterocycles. The lowest BCUT2D eigenvalue weighted by Gasteiger charge is -2.05. The van der Waals surface area contributed by atoms with Crippen molar-refractivity contribution in [1.29, 1.82) is 0 Å². The minimum Gasteiger partial charge on any atom is -0.457 e. The summed E-state index contributed by atoms with van der Waals surface area (Å²) in [5.41, 5.74) is 4.30. The van der Waals surface area contributed by atoms with Crippen molar-refractivity contribution in [3.05, 3.63) is 82.3 Å².